The first-order chi connectivity index (χ1) is 8.97. The lowest BCUT2D eigenvalue weighted by molar-refractivity contribution is -0.117. The molecule has 1 amide bonds. The zero-order valence-electron chi connectivity index (χ0n) is 11.8. The fourth-order valence-electron chi connectivity index (χ4n) is 1.81. The van der Waals surface area contributed by atoms with Gasteiger partial charge in [0.25, 0.3) is 0 Å². The molecule has 4 nitrogen and oxygen atoms in total. The summed E-state index contributed by atoms with van der Waals surface area (Å²) >= 11 is 0. The van der Waals surface area contributed by atoms with Crippen LogP contribution in [0.15, 0.2) is 34.8 Å². The molecule has 104 valence electrons. The highest BCUT2D eigenvalue weighted by Gasteiger charge is 2.09. The van der Waals surface area contributed by atoms with Gasteiger partial charge in [-0.1, -0.05) is 18.6 Å². The minimum atomic E-state index is -0.214. The Balaban J connectivity index is 2.38. The van der Waals surface area contributed by atoms with Crippen LogP contribution >= 0.6 is 0 Å². The van der Waals surface area contributed by atoms with Gasteiger partial charge in [0.05, 0.1) is 0 Å². The number of rotatable bonds is 6. The van der Waals surface area contributed by atoms with Gasteiger partial charge in [-0.15, -0.1) is 0 Å². The van der Waals surface area contributed by atoms with Gasteiger partial charge in [0.15, 0.2) is 0 Å². The molecule has 0 bridgehead atoms. The number of H-pyrrole nitrogens is 1. The molecule has 4 heteroatoms. The van der Waals surface area contributed by atoms with Gasteiger partial charge in [-0.25, -0.2) is 0 Å². The van der Waals surface area contributed by atoms with Gasteiger partial charge in [-0.3, -0.25) is 9.59 Å². The summed E-state index contributed by atoms with van der Waals surface area (Å²) in [5, 5.41) is 2.74. The van der Waals surface area contributed by atoms with Crippen molar-refractivity contribution >= 4 is 11.6 Å². The maximum absolute atomic E-state index is 11.8. The lowest BCUT2D eigenvalue weighted by atomic mass is 10.0. The summed E-state index contributed by atoms with van der Waals surface area (Å²) in [5.74, 6) is 0.285. The molecule has 0 aliphatic carbocycles. The van der Waals surface area contributed by atoms with Crippen LogP contribution in [0.1, 0.15) is 40.0 Å². The predicted molar refractivity (Wildman–Crippen MR) is 78.1 cm³/mol. The third-order valence-electron chi connectivity index (χ3n) is 2.80. The van der Waals surface area contributed by atoms with Gasteiger partial charge in [0.1, 0.15) is 0 Å². The molecule has 1 unspecified atom stereocenters. The Hall–Kier alpha value is -1.84. The molecule has 19 heavy (non-hydrogen) atoms. The summed E-state index contributed by atoms with van der Waals surface area (Å²) in [5.41, 5.74) is 1.64. The highest BCUT2D eigenvalue weighted by Crippen LogP contribution is 2.13. The minimum absolute atomic E-state index is 0.0460. The fraction of sp³-hybridized carbons (Fsp3) is 0.467. The van der Waals surface area contributed by atoms with Crippen LogP contribution in [-0.4, -0.2) is 10.9 Å². The molecular formula is C15H22N2O2. The zero-order valence-corrected chi connectivity index (χ0v) is 11.8. The number of hydrogen-bond acceptors (Lipinski definition) is 2. The van der Waals surface area contributed by atoms with Crippen molar-refractivity contribution in [2.24, 2.45) is 5.92 Å². The van der Waals surface area contributed by atoms with E-state index in [9.17, 15) is 9.59 Å². The molecule has 1 rings (SSSR count). The molecule has 0 spiro atoms. The number of aromatic amines is 1. The largest absolute Gasteiger partial charge is 0.329 e. The molecule has 1 heterocycles. The van der Waals surface area contributed by atoms with Crippen molar-refractivity contribution < 1.29 is 4.79 Å². The second-order valence-corrected chi connectivity index (χ2v) is 5.16. The Kier molecular flexibility index (Phi) is 6.06. The van der Waals surface area contributed by atoms with Crippen LogP contribution < -0.4 is 10.9 Å². The second kappa shape index (κ2) is 7.56. The van der Waals surface area contributed by atoms with Gasteiger partial charge in [-0.05, 0) is 38.7 Å². The zero-order chi connectivity index (χ0) is 14.3. The summed E-state index contributed by atoms with van der Waals surface area (Å²) in [7, 11) is 0. The summed E-state index contributed by atoms with van der Waals surface area (Å²) in [6, 6.07) is 3.05. The molecule has 1 aromatic rings. The maximum atomic E-state index is 11.8. The van der Waals surface area contributed by atoms with Crippen LogP contribution in [-0.2, 0) is 4.79 Å². The number of allylic oxidation sites excluding steroid dienone is 2. The van der Waals surface area contributed by atoms with Crippen molar-refractivity contribution in [1.29, 1.82) is 0 Å². The average molecular weight is 262 g/mol. The summed E-state index contributed by atoms with van der Waals surface area (Å²) < 4.78 is 0. The molecule has 0 radical (unpaired) electrons. The van der Waals surface area contributed by atoms with E-state index in [0.29, 0.717) is 18.0 Å². The highest BCUT2D eigenvalue weighted by atomic mass is 16.1. The van der Waals surface area contributed by atoms with E-state index in [2.05, 4.69) is 37.1 Å². The van der Waals surface area contributed by atoms with Crippen molar-refractivity contribution in [3.8, 4) is 0 Å². The standard InChI is InChI=1S/C15H22N2O2/c1-11(2)5-4-6-12(3)9-15(19)17-13-7-8-16-14(18)10-13/h5,7-8,10,12H,4,6,9H2,1-3H3,(H2,16,17,18,19). The summed E-state index contributed by atoms with van der Waals surface area (Å²) in [6.07, 6.45) is 6.18. The Morgan fingerprint density at radius 2 is 2.21 bits per heavy atom. The third-order valence-corrected chi connectivity index (χ3v) is 2.80. The molecule has 1 atom stereocenters. The highest BCUT2D eigenvalue weighted by molar-refractivity contribution is 5.90. The molecule has 0 aromatic carbocycles. The molecule has 0 aliphatic rings. The average Bonchev–Trinajstić information content (AvgIpc) is 2.27. The Morgan fingerprint density at radius 1 is 1.47 bits per heavy atom. The number of pyridine rings is 1. The second-order valence-electron chi connectivity index (χ2n) is 5.16. The quantitative estimate of drug-likeness (QED) is 0.774. The number of hydrogen-bond donors (Lipinski definition) is 2. The third kappa shape index (κ3) is 6.60. The number of aromatic nitrogens is 1. The summed E-state index contributed by atoms with van der Waals surface area (Å²) in [6.45, 7) is 6.21. The molecule has 2 N–H and O–H groups in total. The van der Waals surface area contributed by atoms with E-state index in [1.165, 1.54) is 17.8 Å². The normalized spacial score (nSPS) is 11.7. The smallest absolute Gasteiger partial charge is 0.249 e. The maximum Gasteiger partial charge on any atom is 0.249 e. The molecule has 0 aliphatic heterocycles. The number of nitrogens with one attached hydrogen (secondary N) is 2. The van der Waals surface area contributed by atoms with Crippen LogP contribution in [0.4, 0.5) is 5.69 Å². The Labute approximate surface area is 113 Å². The molecule has 0 saturated heterocycles. The van der Waals surface area contributed by atoms with Gasteiger partial charge >= 0.3 is 0 Å². The molecule has 0 saturated carbocycles. The minimum Gasteiger partial charge on any atom is -0.329 e. The summed E-state index contributed by atoms with van der Waals surface area (Å²) in [4.78, 5) is 25.4. The SMILES string of the molecule is CC(C)=CCCC(C)CC(=O)Nc1cc[nH]c(=O)c1. The Bertz CT molecular complexity index is 499. The van der Waals surface area contributed by atoms with E-state index in [-0.39, 0.29) is 11.5 Å². The van der Waals surface area contributed by atoms with E-state index >= 15 is 0 Å². The van der Waals surface area contributed by atoms with E-state index < -0.39 is 0 Å². The van der Waals surface area contributed by atoms with E-state index in [0.717, 1.165) is 12.8 Å². The first-order valence-corrected chi connectivity index (χ1v) is 6.59. The number of carbonyl (C=O) groups excluding carboxylic acids is 1. The predicted octanol–water partition coefficient (Wildman–Crippen LogP) is 3.09. The van der Waals surface area contributed by atoms with Crippen molar-refractivity contribution in [2.75, 3.05) is 5.32 Å². The van der Waals surface area contributed by atoms with Crippen molar-refractivity contribution in [3.63, 3.8) is 0 Å². The van der Waals surface area contributed by atoms with Crippen LogP contribution in [0.25, 0.3) is 0 Å². The lowest BCUT2D eigenvalue weighted by Gasteiger charge is -2.10. The van der Waals surface area contributed by atoms with Gasteiger partial charge in [0.2, 0.25) is 11.5 Å². The fourth-order valence-corrected chi connectivity index (χ4v) is 1.81. The van der Waals surface area contributed by atoms with Crippen LogP contribution in [0.2, 0.25) is 0 Å². The van der Waals surface area contributed by atoms with Gasteiger partial charge in [0, 0.05) is 24.4 Å². The van der Waals surface area contributed by atoms with Crippen molar-refractivity contribution in [1.82, 2.24) is 4.98 Å². The lowest BCUT2D eigenvalue weighted by Crippen LogP contribution is -2.16. The molecule has 0 fully saturated rings. The first kappa shape index (κ1) is 15.2. The number of anilines is 1. The first-order valence-electron chi connectivity index (χ1n) is 6.59. The van der Waals surface area contributed by atoms with Crippen molar-refractivity contribution in [2.45, 2.75) is 40.0 Å². The van der Waals surface area contributed by atoms with Gasteiger partial charge < -0.3 is 10.3 Å². The van der Waals surface area contributed by atoms with Crippen LogP contribution in [0.5, 0.6) is 0 Å². The van der Waals surface area contributed by atoms with Crippen molar-refractivity contribution in [3.05, 3.63) is 40.3 Å². The topological polar surface area (TPSA) is 62.0 Å². The Morgan fingerprint density at radius 3 is 2.84 bits per heavy atom. The molecular weight excluding hydrogens is 240 g/mol. The van der Waals surface area contributed by atoms with E-state index in [1.54, 1.807) is 6.07 Å². The van der Waals surface area contributed by atoms with Crippen LogP contribution in [0, 0.1) is 5.92 Å². The van der Waals surface area contributed by atoms with E-state index in [1.807, 2.05) is 0 Å². The number of carbonyl (C=O) groups is 1. The monoisotopic (exact) mass is 262 g/mol. The van der Waals surface area contributed by atoms with Gasteiger partial charge in [-0.2, -0.15) is 0 Å². The van der Waals surface area contributed by atoms with E-state index in [4.69, 9.17) is 0 Å². The molecule has 1 aromatic heterocycles. The van der Waals surface area contributed by atoms with Crippen LogP contribution in [0.3, 0.4) is 0 Å². The number of amides is 1.